The predicted octanol–water partition coefficient (Wildman–Crippen LogP) is 2.30. The first kappa shape index (κ1) is 10.0. The smallest absolute Gasteiger partial charge is 0.356 e. The zero-order valence-corrected chi connectivity index (χ0v) is 9.59. The minimum Gasteiger partial charge on any atom is -0.464 e. The van der Waals surface area contributed by atoms with Crippen LogP contribution < -0.4 is 5.73 Å². The number of H-pyrrole nitrogens is 1. The van der Waals surface area contributed by atoms with E-state index in [4.69, 9.17) is 5.73 Å². The number of fused-ring (bicyclic) bond motifs is 1. The molecule has 0 amide bonds. The Bertz CT molecular complexity index is 533. The number of methoxy groups -OCH3 is 1. The van der Waals surface area contributed by atoms with Crippen LogP contribution in [0.4, 0.5) is 5.69 Å². The van der Waals surface area contributed by atoms with Crippen LogP contribution in [-0.4, -0.2) is 18.1 Å². The van der Waals surface area contributed by atoms with Gasteiger partial charge >= 0.3 is 5.97 Å². The van der Waals surface area contributed by atoms with Gasteiger partial charge in [-0.2, -0.15) is 0 Å². The van der Waals surface area contributed by atoms with Crippen molar-refractivity contribution in [3.63, 3.8) is 0 Å². The average molecular weight is 269 g/mol. The lowest BCUT2D eigenvalue weighted by molar-refractivity contribution is 0.0596. The molecule has 78 valence electrons. The van der Waals surface area contributed by atoms with Crippen molar-refractivity contribution in [1.29, 1.82) is 0 Å². The molecule has 1 aromatic carbocycles. The second-order valence-electron chi connectivity index (χ2n) is 3.10. The van der Waals surface area contributed by atoms with Crippen LogP contribution in [0.1, 0.15) is 10.5 Å². The Morgan fingerprint density at radius 1 is 1.53 bits per heavy atom. The summed E-state index contributed by atoms with van der Waals surface area (Å²) in [4.78, 5) is 14.3. The minimum absolute atomic E-state index is 0.297. The maximum absolute atomic E-state index is 11.3. The Hall–Kier alpha value is -1.49. The van der Waals surface area contributed by atoms with Crippen molar-refractivity contribution in [1.82, 2.24) is 4.98 Å². The van der Waals surface area contributed by atoms with Gasteiger partial charge in [0.2, 0.25) is 0 Å². The van der Waals surface area contributed by atoms with Gasteiger partial charge in [0.25, 0.3) is 0 Å². The highest BCUT2D eigenvalue weighted by atomic mass is 79.9. The molecule has 0 aliphatic heterocycles. The van der Waals surface area contributed by atoms with Crippen molar-refractivity contribution in [2.75, 3.05) is 12.8 Å². The third-order valence-corrected chi connectivity index (χ3v) is 2.68. The molecule has 0 unspecified atom stereocenters. The Kier molecular flexibility index (Phi) is 2.40. The summed E-state index contributed by atoms with van der Waals surface area (Å²) in [5.41, 5.74) is 7.36. The van der Waals surface area contributed by atoms with Gasteiger partial charge < -0.3 is 15.5 Å². The highest BCUT2D eigenvalue weighted by Crippen LogP contribution is 2.27. The van der Waals surface area contributed by atoms with Crippen molar-refractivity contribution >= 4 is 38.5 Å². The molecule has 3 N–H and O–H groups in total. The van der Waals surface area contributed by atoms with Gasteiger partial charge in [0.15, 0.2) is 0 Å². The number of aromatic nitrogens is 1. The number of aromatic amines is 1. The molecule has 2 aromatic rings. The van der Waals surface area contributed by atoms with Crippen molar-refractivity contribution in [2.45, 2.75) is 0 Å². The fourth-order valence-corrected chi connectivity index (χ4v) is 1.81. The van der Waals surface area contributed by atoms with Crippen molar-refractivity contribution < 1.29 is 9.53 Å². The number of hydrogen-bond donors (Lipinski definition) is 2. The van der Waals surface area contributed by atoms with Crippen molar-refractivity contribution in [2.24, 2.45) is 0 Å². The number of nitrogens with two attached hydrogens (primary N) is 1. The van der Waals surface area contributed by atoms with E-state index in [1.54, 1.807) is 0 Å². The molecule has 0 saturated carbocycles. The fourth-order valence-electron chi connectivity index (χ4n) is 1.45. The van der Waals surface area contributed by atoms with Crippen LogP contribution in [0.3, 0.4) is 0 Å². The van der Waals surface area contributed by atoms with Gasteiger partial charge in [0.05, 0.1) is 12.8 Å². The van der Waals surface area contributed by atoms with Crippen LogP contribution in [0.15, 0.2) is 22.7 Å². The van der Waals surface area contributed by atoms with Gasteiger partial charge in [-0.1, -0.05) is 15.9 Å². The molecule has 0 aliphatic rings. The van der Waals surface area contributed by atoms with Gasteiger partial charge in [-0.05, 0) is 18.2 Å². The molecule has 0 aliphatic carbocycles. The molecule has 1 heterocycles. The largest absolute Gasteiger partial charge is 0.464 e. The van der Waals surface area contributed by atoms with E-state index in [0.29, 0.717) is 11.4 Å². The van der Waals surface area contributed by atoms with E-state index in [1.807, 2.05) is 18.2 Å². The number of carbonyl (C=O) groups excluding carboxylic acids is 1. The summed E-state index contributed by atoms with van der Waals surface area (Å²) in [7, 11) is 1.32. The Morgan fingerprint density at radius 3 is 2.93 bits per heavy atom. The standard InChI is InChI=1S/C10H9BrN2O2/c1-15-10(14)9-8(12)6-4-5(11)2-3-7(6)13-9/h2-4,13H,12H2,1H3. The summed E-state index contributed by atoms with van der Waals surface area (Å²) >= 11 is 3.34. The molecule has 0 spiro atoms. The lowest BCUT2D eigenvalue weighted by Crippen LogP contribution is -2.04. The van der Waals surface area contributed by atoms with E-state index in [1.165, 1.54) is 7.11 Å². The fraction of sp³-hybridized carbons (Fsp3) is 0.100. The quantitative estimate of drug-likeness (QED) is 0.780. The third kappa shape index (κ3) is 1.59. The summed E-state index contributed by atoms with van der Waals surface area (Å²) in [5.74, 6) is -0.458. The van der Waals surface area contributed by atoms with E-state index in [0.717, 1.165) is 15.4 Å². The zero-order chi connectivity index (χ0) is 11.0. The number of benzene rings is 1. The van der Waals surface area contributed by atoms with Crippen LogP contribution in [0.5, 0.6) is 0 Å². The van der Waals surface area contributed by atoms with E-state index in [9.17, 15) is 4.79 Å². The van der Waals surface area contributed by atoms with Crippen LogP contribution in [0, 0.1) is 0 Å². The summed E-state index contributed by atoms with van der Waals surface area (Å²) < 4.78 is 5.53. The number of rotatable bonds is 1. The van der Waals surface area contributed by atoms with Crippen molar-refractivity contribution in [3.05, 3.63) is 28.4 Å². The Balaban J connectivity index is 2.69. The van der Waals surface area contributed by atoms with Gasteiger partial charge in [0, 0.05) is 15.4 Å². The van der Waals surface area contributed by atoms with Gasteiger partial charge in [-0.3, -0.25) is 0 Å². The molecule has 0 bridgehead atoms. The Morgan fingerprint density at radius 2 is 2.27 bits per heavy atom. The molecule has 15 heavy (non-hydrogen) atoms. The highest BCUT2D eigenvalue weighted by molar-refractivity contribution is 9.10. The second-order valence-corrected chi connectivity index (χ2v) is 4.01. The molecule has 0 fully saturated rings. The van der Waals surface area contributed by atoms with Gasteiger partial charge in [0.1, 0.15) is 5.69 Å². The minimum atomic E-state index is -0.458. The lowest BCUT2D eigenvalue weighted by Gasteiger charge is -1.96. The summed E-state index contributed by atoms with van der Waals surface area (Å²) in [6, 6.07) is 5.58. The average Bonchev–Trinajstić information content (AvgIpc) is 2.55. The predicted molar refractivity (Wildman–Crippen MR) is 61.8 cm³/mol. The van der Waals surface area contributed by atoms with Crippen LogP contribution >= 0.6 is 15.9 Å². The molecule has 0 radical (unpaired) electrons. The molecular formula is C10H9BrN2O2. The highest BCUT2D eigenvalue weighted by Gasteiger charge is 2.15. The molecule has 5 heteroatoms. The number of nitrogen functional groups attached to an aromatic ring is 1. The molecule has 0 atom stereocenters. The zero-order valence-electron chi connectivity index (χ0n) is 8.00. The number of halogens is 1. The number of hydrogen-bond acceptors (Lipinski definition) is 3. The van der Waals surface area contributed by atoms with Gasteiger partial charge in [-0.15, -0.1) is 0 Å². The van der Waals surface area contributed by atoms with E-state index in [-0.39, 0.29) is 0 Å². The summed E-state index contributed by atoms with van der Waals surface area (Å²) in [5, 5.41) is 0.810. The van der Waals surface area contributed by atoms with Crippen LogP contribution in [-0.2, 0) is 4.74 Å². The number of ether oxygens (including phenoxy) is 1. The first-order valence-corrected chi connectivity index (χ1v) is 5.08. The number of esters is 1. The monoisotopic (exact) mass is 268 g/mol. The van der Waals surface area contributed by atoms with Crippen LogP contribution in [0.25, 0.3) is 10.9 Å². The normalized spacial score (nSPS) is 10.5. The van der Waals surface area contributed by atoms with E-state index >= 15 is 0 Å². The molecule has 4 nitrogen and oxygen atoms in total. The van der Waals surface area contributed by atoms with E-state index in [2.05, 4.69) is 25.7 Å². The molecular weight excluding hydrogens is 260 g/mol. The molecule has 0 saturated heterocycles. The van der Waals surface area contributed by atoms with Gasteiger partial charge in [-0.25, -0.2) is 4.79 Å². The van der Waals surface area contributed by atoms with E-state index < -0.39 is 5.97 Å². The number of anilines is 1. The molecule has 1 aromatic heterocycles. The first-order chi connectivity index (χ1) is 7.13. The third-order valence-electron chi connectivity index (χ3n) is 2.19. The molecule has 2 rings (SSSR count). The van der Waals surface area contributed by atoms with Crippen LogP contribution in [0.2, 0.25) is 0 Å². The number of nitrogens with one attached hydrogen (secondary N) is 1. The SMILES string of the molecule is COC(=O)c1[nH]c2ccc(Br)cc2c1N. The number of carbonyl (C=O) groups is 1. The Labute approximate surface area is 94.5 Å². The summed E-state index contributed by atoms with van der Waals surface area (Å²) in [6.07, 6.45) is 0. The van der Waals surface area contributed by atoms with Crippen molar-refractivity contribution in [3.8, 4) is 0 Å². The lowest BCUT2D eigenvalue weighted by atomic mass is 10.2. The maximum atomic E-state index is 11.3. The topological polar surface area (TPSA) is 68.1 Å². The second kappa shape index (κ2) is 3.58. The first-order valence-electron chi connectivity index (χ1n) is 4.28. The summed E-state index contributed by atoms with van der Waals surface area (Å²) in [6.45, 7) is 0. The maximum Gasteiger partial charge on any atom is 0.356 e.